The normalized spacial score (nSPS) is 11.0. The van der Waals surface area contributed by atoms with Crippen LogP contribution in [-0.4, -0.2) is 27.0 Å². The molecule has 148 valence electrons. The first-order valence-electron chi connectivity index (χ1n) is 8.65. The Morgan fingerprint density at radius 1 is 1.14 bits per heavy atom. The van der Waals surface area contributed by atoms with Crippen LogP contribution < -0.4 is 4.74 Å². The van der Waals surface area contributed by atoms with E-state index in [0.717, 1.165) is 22.8 Å². The average molecular weight is 431 g/mol. The number of aryl methyl sites for hydroxylation is 1. The molecule has 29 heavy (non-hydrogen) atoms. The number of halogens is 2. The van der Waals surface area contributed by atoms with Gasteiger partial charge in [0.2, 0.25) is 0 Å². The lowest BCUT2D eigenvalue weighted by Gasteiger charge is -2.11. The van der Waals surface area contributed by atoms with Crippen molar-refractivity contribution in [3.05, 3.63) is 70.8 Å². The molecule has 0 bridgehead atoms. The average Bonchev–Trinajstić information content (AvgIpc) is 3.34. The first-order chi connectivity index (χ1) is 14.0. The monoisotopic (exact) mass is 430 g/mol. The second-order valence-corrected chi connectivity index (χ2v) is 7.54. The molecule has 0 atom stereocenters. The molecule has 4 rings (SSSR count). The van der Waals surface area contributed by atoms with Crippen molar-refractivity contribution < 1.29 is 13.7 Å². The third-order valence-corrected chi connectivity index (χ3v) is 5.40. The van der Waals surface area contributed by atoms with Crippen LogP contribution >= 0.6 is 23.4 Å². The van der Waals surface area contributed by atoms with Crippen molar-refractivity contribution >= 4 is 23.4 Å². The molecular formula is C20H16ClFN4O2S. The van der Waals surface area contributed by atoms with Crippen molar-refractivity contribution in [2.75, 3.05) is 7.11 Å². The molecule has 0 N–H and O–H groups in total. The number of aromatic nitrogens is 4. The SMILES string of the molecule is COc1ccc(-c2nnc(SCc3cc(C)no3)n2-c2ccc(F)c(Cl)c2)cc1. The molecule has 0 unspecified atom stereocenters. The van der Waals surface area contributed by atoms with Crippen molar-refractivity contribution in [1.82, 2.24) is 19.9 Å². The molecule has 9 heteroatoms. The van der Waals surface area contributed by atoms with E-state index >= 15 is 0 Å². The number of thioether (sulfide) groups is 1. The summed E-state index contributed by atoms with van der Waals surface area (Å²) >= 11 is 7.46. The zero-order valence-corrected chi connectivity index (χ0v) is 17.2. The highest BCUT2D eigenvalue weighted by atomic mass is 35.5. The lowest BCUT2D eigenvalue weighted by Crippen LogP contribution is -2.00. The third kappa shape index (κ3) is 4.13. The number of hydrogen-bond donors (Lipinski definition) is 0. The Balaban J connectivity index is 1.75. The van der Waals surface area contributed by atoms with Gasteiger partial charge in [-0.2, -0.15) is 0 Å². The highest BCUT2D eigenvalue weighted by Crippen LogP contribution is 2.32. The lowest BCUT2D eigenvalue weighted by atomic mass is 10.2. The van der Waals surface area contributed by atoms with E-state index in [0.29, 0.717) is 22.4 Å². The first kappa shape index (κ1) is 19.5. The minimum absolute atomic E-state index is 0.0266. The van der Waals surface area contributed by atoms with E-state index in [4.69, 9.17) is 20.9 Å². The van der Waals surface area contributed by atoms with Gasteiger partial charge in [0.15, 0.2) is 11.0 Å². The van der Waals surface area contributed by atoms with Crippen LogP contribution in [0.5, 0.6) is 5.75 Å². The summed E-state index contributed by atoms with van der Waals surface area (Å²) in [7, 11) is 1.61. The van der Waals surface area contributed by atoms with Gasteiger partial charge in [0, 0.05) is 11.6 Å². The quantitative estimate of drug-likeness (QED) is 0.385. The Bertz CT molecular complexity index is 1140. The van der Waals surface area contributed by atoms with Gasteiger partial charge in [0.05, 0.1) is 29.3 Å². The van der Waals surface area contributed by atoms with E-state index in [1.165, 1.54) is 17.8 Å². The van der Waals surface area contributed by atoms with Gasteiger partial charge in [-0.25, -0.2) is 4.39 Å². The van der Waals surface area contributed by atoms with Crippen LogP contribution in [0.4, 0.5) is 4.39 Å². The molecule has 6 nitrogen and oxygen atoms in total. The van der Waals surface area contributed by atoms with Crippen LogP contribution in [0.2, 0.25) is 5.02 Å². The van der Waals surface area contributed by atoms with Crippen molar-refractivity contribution in [2.24, 2.45) is 0 Å². The Morgan fingerprint density at radius 3 is 2.59 bits per heavy atom. The van der Waals surface area contributed by atoms with E-state index < -0.39 is 5.82 Å². The van der Waals surface area contributed by atoms with Crippen molar-refractivity contribution in [1.29, 1.82) is 0 Å². The summed E-state index contributed by atoms with van der Waals surface area (Å²) in [6.45, 7) is 1.86. The van der Waals surface area contributed by atoms with E-state index in [-0.39, 0.29) is 5.02 Å². The highest BCUT2D eigenvalue weighted by Gasteiger charge is 2.18. The minimum Gasteiger partial charge on any atom is -0.497 e. The summed E-state index contributed by atoms with van der Waals surface area (Å²) in [4.78, 5) is 0. The molecule has 0 radical (unpaired) electrons. The summed E-state index contributed by atoms with van der Waals surface area (Å²) in [6, 6.07) is 13.8. The summed E-state index contributed by atoms with van der Waals surface area (Å²) < 4.78 is 26.0. The van der Waals surface area contributed by atoms with E-state index in [2.05, 4.69) is 15.4 Å². The Labute approximate surface area is 175 Å². The van der Waals surface area contributed by atoms with Gasteiger partial charge >= 0.3 is 0 Å². The zero-order valence-electron chi connectivity index (χ0n) is 15.6. The molecule has 4 aromatic rings. The number of benzene rings is 2. The largest absolute Gasteiger partial charge is 0.497 e. The van der Waals surface area contributed by atoms with Crippen molar-refractivity contribution in [3.63, 3.8) is 0 Å². The van der Waals surface area contributed by atoms with Crippen LogP contribution in [-0.2, 0) is 5.75 Å². The molecule has 0 aliphatic rings. The molecule has 0 fully saturated rings. The molecule has 2 heterocycles. The van der Waals surface area contributed by atoms with Crippen LogP contribution in [0.1, 0.15) is 11.5 Å². The third-order valence-electron chi connectivity index (χ3n) is 4.16. The van der Waals surface area contributed by atoms with Crippen LogP contribution in [0.3, 0.4) is 0 Å². The number of rotatable bonds is 6. The smallest absolute Gasteiger partial charge is 0.196 e. The summed E-state index contributed by atoms with van der Waals surface area (Å²) in [6.07, 6.45) is 0. The summed E-state index contributed by atoms with van der Waals surface area (Å²) in [5.41, 5.74) is 2.30. The lowest BCUT2D eigenvalue weighted by molar-refractivity contribution is 0.391. The molecule has 0 saturated heterocycles. The number of hydrogen-bond acceptors (Lipinski definition) is 6. The molecule has 2 aromatic heterocycles. The predicted octanol–water partition coefficient (Wildman–Crippen LogP) is 5.32. The fourth-order valence-electron chi connectivity index (χ4n) is 2.77. The van der Waals surface area contributed by atoms with E-state index in [1.807, 2.05) is 41.8 Å². The Kier molecular flexibility index (Phi) is 5.55. The maximum atomic E-state index is 13.7. The van der Waals surface area contributed by atoms with Crippen LogP contribution in [0.25, 0.3) is 17.1 Å². The van der Waals surface area contributed by atoms with Crippen LogP contribution in [0, 0.1) is 12.7 Å². The molecule has 0 spiro atoms. The maximum Gasteiger partial charge on any atom is 0.196 e. The highest BCUT2D eigenvalue weighted by molar-refractivity contribution is 7.98. The molecule has 0 aliphatic carbocycles. The molecule has 0 aliphatic heterocycles. The zero-order chi connectivity index (χ0) is 20.4. The number of ether oxygens (including phenoxy) is 1. The Hall–Kier alpha value is -2.84. The fourth-order valence-corrected chi connectivity index (χ4v) is 3.77. The van der Waals surface area contributed by atoms with Gasteiger partial charge in [-0.1, -0.05) is 28.5 Å². The second-order valence-electron chi connectivity index (χ2n) is 6.19. The van der Waals surface area contributed by atoms with Gasteiger partial charge in [0.1, 0.15) is 17.3 Å². The predicted molar refractivity (Wildman–Crippen MR) is 109 cm³/mol. The molecular weight excluding hydrogens is 415 g/mol. The van der Waals surface area contributed by atoms with Gasteiger partial charge < -0.3 is 9.26 Å². The number of nitrogens with zero attached hydrogens (tertiary/aromatic N) is 4. The number of methoxy groups -OCH3 is 1. The fraction of sp³-hybridized carbons (Fsp3) is 0.150. The second kappa shape index (κ2) is 8.26. The van der Waals surface area contributed by atoms with E-state index in [1.54, 1.807) is 19.2 Å². The van der Waals surface area contributed by atoms with Gasteiger partial charge in [-0.3, -0.25) is 4.57 Å². The van der Waals surface area contributed by atoms with Gasteiger partial charge in [-0.05, 0) is 49.4 Å². The van der Waals surface area contributed by atoms with Crippen LogP contribution in [0.15, 0.2) is 58.2 Å². The molecule has 2 aromatic carbocycles. The summed E-state index contributed by atoms with van der Waals surface area (Å²) in [5.74, 6) is 2.11. The van der Waals surface area contributed by atoms with Crippen molar-refractivity contribution in [2.45, 2.75) is 17.8 Å². The standard InChI is InChI=1S/C20H16ClFN4O2S/c1-12-9-16(28-25-12)11-29-20-24-23-19(13-3-6-15(27-2)7-4-13)26(20)14-5-8-18(22)17(21)10-14/h3-10H,11H2,1-2H3. The van der Waals surface area contributed by atoms with E-state index in [9.17, 15) is 4.39 Å². The van der Waals surface area contributed by atoms with Gasteiger partial charge in [-0.15, -0.1) is 10.2 Å². The molecule has 0 saturated carbocycles. The van der Waals surface area contributed by atoms with Crippen molar-refractivity contribution in [3.8, 4) is 22.8 Å². The maximum absolute atomic E-state index is 13.7. The summed E-state index contributed by atoms with van der Waals surface area (Å²) in [5, 5.41) is 13.2. The topological polar surface area (TPSA) is 66.0 Å². The first-order valence-corrected chi connectivity index (χ1v) is 10.0. The van der Waals surface area contributed by atoms with Gasteiger partial charge in [0.25, 0.3) is 0 Å². The molecule has 0 amide bonds. The minimum atomic E-state index is -0.485. The Morgan fingerprint density at radius 2 is 1.93 bits per heavy atom.